The molecule has 1 aromatic rings. The second kappa shape index (κ2) is 6.51. The zero-order chi connectivity index (χ0) is 12.0. The van der Waals surface area contributed by atoms with Gasteiger partial charge in [0.2, 0.25) is 0 Å². The summed E-state index contributed by atoms with van der Waals surface area (Å²) in [6.07, 6.45) is 1.72. The van der Waals surface area contributed by atoms with Crippen molar-refractivity contribution >= 4 is 17.9 Å². The number of methoxy groups -OCH3 is 1. The highest BCUT2D eigenvalue weighted by Gasteiger charge is 2.04. The molecule has 0 aliphatic heterocycles. The van der Waals surface area contributed by atoms with Crippen LogP contribution in [0.2, 0.25) is 5.02 Å². The van der Waals surface area contributed by atoms with Crippen molar-refractivity contribution in [2.24, 2.45) is 0 Å². The summed E-state index contributed by atoms with van der Waals surface area (Å²) < 4.78 is 5.07. The van der Waals surface area contributed by atoms with Crippen LogP contribution in [-0.2, 0) is 11.2 Å². The molecular weight excluding hydrogens is 226 g/mol. The largest absolute Gasteiger partial charge is 0.497 e. The fourth-order valence-electron chi connectivity index (χ4n) is 1.39. The van der Waals surface area contributed by atoms with E-state index in [1.54, 1.807) is 13.2 Å². The van der Waals surface area contributed by atoms with Crippen LogP contribution in [0.1, 0.15) is 5.56 Å². The Morgan fingerprint density at radius 2 is 2.25 bits per heavy atom. The first kappa shape index (κ1) is 13.0. The van der Waals surface area contributed by atoms with Crippen molar-refractivity contribution < 1.29 is 9.53 Å². The molecule has 0 bridgehead atoms. The van der Waals surface area contributed by atoms with Crippen molar-refractivity contribution in [2.45, 2.75) is 6.42 Å². The lowest BCUT2D eigenvalue weighted by Gasteiger charge is -2.13. The maximum atomic E-state index is 10.3. The van der Waals surface area contributed by atoms with E-state index in [0.29, 0.717) is 11.6 Å². The molecule has 4 heteroatoms. The minimum Gasteiger partial charge on any atom is -0.497 e. The van der Waals surface area contributed by atoms with Crippen molar-refractivity contribution in [1.29, 1.82) is 0 Å². The summed E-state index contributed by atoms with van der Waals surface area (Å²) >= 11 is 6.10. The lowest BCUT2D eigenvalue weighted by Crippen LogP contribution is -2.23. The summed E-state index contributed by atoms with van der Waals surface area (Å²) in [5.41, 5.74) is 1.07. The first-order valence-electron chi connectivity index (χ1n) is 5.12. The highest BCUT2D eigenvalue weighted by molar-refractivity contribution is 6.31. The van der Waals surface area contributed by atoms with Crippen molar-refractivity contribution in [2.75, 3.05) is 27.2 Å². The highest BCUT2D eigenvalue weighted by Crippen LogP contribution is 2.22. The second-order valence-corrected chi connectivity index (χ2v) is 4.04. The number of likely N-dealkylation sites (N-methyl/N-ethyl adjacent to an activating group) is 1. The van der Waals surface area contributed by atoms with Crippen LogP contribution in [0.15, 0.2) is 18.2 Å². The smallest absolute Gasteiger partial charge is 0.133 e. The van der Waals surface area contributed by atoms with E-state index in [1.165, 1.54) is 0 Å². The number of benzene rings is 1. The molecule has 0 amide bonds. The summed E-state index contributed by atoms with van der Waals surface area (Å²) in [7, 11) is 3.52. The molecule has 0 spiro atoms. The fourth-order valence-corrected chi connectivity index (χ4v) is 1.65. The number of carbonyl (C=O) groups excluding carboxylic acids is 1. The Hall–Kier alpha value is -1.06. The van der Waals surface area contributed by atoms with Crippen LogP contribution < -0.4 is 4.74 Å². The first-order chi connectivity index (χ1) is 7.67. The van der Waals surface area contributed by atoms with Gasteiger partial charge in [-0.3, -0.25) is 4.90 Å². The Morgan fingerprint density at radius 3 is 2.81 bits per heavy atom. The molecule has 0 N–H and O–H groups in total. The lowest BCUT2D eigenvalue weighted by atomic mass is 10.1. The van der Waals surface area contributed by atoms with Gasteiger partial charge in [0.25, 0.3) is 0 Å². The lowest BCUT2D eigenvalue weighted by molar-refractivity contribution is -0.108. The Balaban J connectivity index is 2.57. The molecule has 0 heterocycles. The predicted octanol–water partition coefficient (Wildman–Crippen LogP) is 2.02. The van der Waals surface area contributed by atoms with Crippen molar-refractivity contribution in [3.05, 3.63) is 28.8 Å². The van der Waals surface area contributed by atoms with Crippen LogP contribution in [0.3, 0.4) is 0 Å². The second-order valence-electron chi connectivity index (χ2n) is 3.64. The number of hydrogen-bond acceptors (Lipinski definition) is 3. The molecule has 0 aliphatic carbocycles. The third kappa shape index (κ3) is 3.83. The van der Waals surface area contributed by atoms with Crippen molar-refractivity contribution in [1.82, 2.24) is 4.90 Å². The molecule has 0 saturated carbocycles. The van der Waals surface area contributed by atoms with Gasteiger partial charge in [0.05, 0.1) is 13.7 Å². The molecule has 1 aromatic carbocycles. The third-order valence-corrected chi connectivity index (χ3v) is 2.76. The minimum absolute atomic E-state index is 0.452. The van der Waals surface area contributed by atoms with E-state index in [4.69, 9.17) is 16.3 Å². The zero-order valence-corrected chi connectivity index (χ0v) is 10.3. The van der Waals surface area contributed by atoms with Crippen LogP contribution >= 0.6 is 11.6 Å². The van der Waals surface area contributed by atoms with Gasteiger partial charge in [-0.1, -0.05) is 17.7 Å². The van der Waals surface area contributed by atoms with Gasteiger partial charge in [0.1, 0.15) is 12.0 Å². The van der Waals surface area contributed by atoms with E-state index in [0.717, 1.165) is 30.6 Å². The number of halogens is 1. The highest BCUT2D eigenvalue weighted by atomic mass is 35.5. The maximum Gasteiger partial charge on any atom is 0.133 e. The van der Waals surface area contributed by atoms with Gasteiger partial charge in [0.15, 0.2) is 0 Å². The van der Waals surface area contributed by atoms with E-state index in [-0.39, 0.29) is 0 Å². The van der Waals surface area contributed by atoms with E-state index >= 15 is 0 Å². The Bertz CT molecular complexity index is 355. The van der Waals surface area contributed by atoms with Gasteiger partial charge in [-0.2, -0.15) is 0 Å². The maximum absolute atomic E-state index is 10.3. The van der Waals surface area contributed by atoms with Gasteiger partial charge >= 0.3 is 0 Å². The average molecular weight is 242 g/mol. The number of nitrogens with zero attached hydrogens (tertiary/aromatic N) is 1. The Labute approximate surface area is 101 Å². The Kier molecular flexibility index (Phi) is 5.29. The number of carbonyl (C=O) groups is 1. The zero-order valence-electron chi connectivity index (χ0n) is 9.57. The first-order valence-corrected chi connectivity index (χ1v) is 5.49. The molecule has 0 atom stereocenters. The van der Waals surface area contributed by atoms with Crippen LogP contribution in [0.4, 0.5) is 0 Å². The molecule has 88 valence electrons. The van der Waals surface area contributed by atoms with Crippen molar-refractivity contribution in [3.8, 4) is 5.75 Å². The van der Waals surface area contributed by atoms with Gasteiger partial charge in [0, 0.05) is 11.6 Å². The summed E-state index contributed by atoms with van der Waals surface area (Å²) in [6, 6.07) is 5.65. The molecule has 0 fully saturated rings. The molecule has 0 aromatic heterocycles. The van der Waals surface area contributed by atoms with Gasteiger partial charge in [-0.25, -0.2) is 0 Å². The topological polar surface area (TPSA) is 29.5 Å². The molecule has 0 saturated heterocycles. The van der Waals surface area contributed by atoms with Crippen molar-refractivity contribution in [3.63, 3.8) is 0 Å². The summed E-state index contributed by atoms with van der Waals surface area (Å²) in [4.78, 5) is 12.2. The summed E-state index contributed by atoms with van der Waals surface area (Å²) in [6.45, 7) is 1.26. The molecule has 0 radical (unpaired) electrons. The average Bonchev–Trinajstić information content (AvgIpc) is 2.27. The van der Waals surface area contributed by atoms with Gasteiger partial charge in [-0.15, -0.1) is 0 Å². The number of aldehydes is 1. The normalized spacial score (nSPS) is 10.5. The SMILES string of the molecule is COc1ccc(CCN(C)CC=O)c(Cl)c1. The number of hydrogen-bond donors (Lipinski definition) is 0. The minimum atomic E-state index is 0.452. The predicted molar refractivity (Wildman–Crippen MR) is 65.3 cm³/mol. The van der Waals surface area contributed by atoms with Crippen LogP contribution in [-0.4, -0.2) is 38.4 Å². The fraction of sp³-hybridized carbons (Fsp3) is 0.417. The molecule has 1 rings (SSSR count). The van der Waals surface area contributed by atoms with Crippen LogP contribution in [0.25, 0.3) is 0 Å². The van der Waals surface area contributed by atoms with Crippen LogP contribution in [0, 0.1) is 0 Å². The quantitative estimate of drug-likeness (QED) is 0.714. The monoisotopic (exact) mass is 241 g/mol. The van der Waals surface area contributed by atoms with E-state index in [1.807, 2.05) is 24.1 Å². The summed E-state index contributed by atoms with van der Waals surface area (Å²) in [5.74, 6) is 0.759. The third-order valence-electron chi connectivity index (χ3n) is 2.41. The molecule has 16 heavy (non-hydrogen) atoms. The standard InChI is InChI=1S/C12H16ClNO2/c1-14(7-8-15)6-5-10-3-4-11(16-2)9-12(10)13/h3-4,8-9H,5-7H2,1-2H3. The van der Waals surface area contributed by atoms with Gasteiger partial charge < -0.3 is 9.53 Å². The van der Waals surface area contributed by atoms with E-state index in [9.17, 15) is 4.79 Å². The van der Waals surface area contributed by atoms with E-state index < -0.39 is 0 Å². The summed E-state index contributed by atoms with van der Waals surface area (Å²) in [5, 5.41) is 0.707. The van der Waals surface area contributed by atoms with Gasteiger partial charge in [-0.05, 0) is 31.2 Å². The molecular formula is C12H16ClNO2. The number of ether oxygens (including phenoxy) is 1. The number of rotatable bonds is 6. The molecule has 3 nitrogen and oxygen atoms in total. The Morgan fingerprint density at radius 1 is 1.50 bits per heavy atom. The molecule has 0 aliphatic rings. The van der Waals surface area contributed by atoms with Crippen LogP contribution in [0.5, 0.6) is 5.75 Å². The van der Waals surface area contributed by atoms with E-state index in [2.05, 4.69) is 0 Å². The molecule has 0 unspecified atom stereocenters.